The smallest absolute Gasteiger partial charge is 0.0162 e. The fourth-order valence-electron chi connectivity index (χ4n) is 2.01. The van der Waals surface area contributed by atoms with Crippen LogP contribution in [-0.4, -0.2) is 0 Å². The first-order chi connectivity index (χ1) is 7.77. The molecule has 0 saturated heterocycles. The van der Waals surface area contributed by atoms with Crippen LogP contribution in [0.4, 0.5) is 0 Å². The molecule has 0 nitrogen and oxygen atoms in total. The minimum atomic E-state index is 0.783. The van der Waals surface area contributed by atoms with Crippen molar-refractivity contribution in [3.8, 4) is 0 Å². The Morgan fingerprint density at radius 1 is 0.875 bits per heavy atom. The van der Waals surface area contributed by atoms with Crippen LogP contribution in [0, 0.1) is 6.92 Å². The van der Waals surface area contributed by atoms with Gasteiger partial charge in [-0.25, -0.2) is 0 Å². The van der Waals surface area contributed by atoms with E-state index >= 15 is 0 Å². The maximum Gasteiger partial charge on any atom is -0.0162 e. The van der Waals surface area contributed by atoms with Crippen LogP contribution < -0.4 is 0 Å². The van der Waals surface area contributed by atoms with Gasteiger partial charge < -0.3 is 0 Å². The average molecular weight is 220 g/mol. The van der Waals surface area contributed by atoms with Crippen LogP contribution >= 0.6 is 0 Å². The van der Waals surface area contributed by atoms with E-state index in [1.54, 1.807) is 0 Å². The second kappa shape index (κ2) is 9.45. The highest BCUT2D eigenvalue weighted by Crippen LogP contribution is 2.26. The lowest BCUT2D eigenvalue weighted by molar-refractivity contribution is 0.561. The molecule has 0 aromatic heterocycles. The third-order valence-electron chi connectivity index (χ3n) is 2.82. The van der Waals surface area contributed by atoms with Crippen LogP contribution in [-0.2, 0) is 0 Å². The molecule has 92 valence electrons. The first-order valence-corrected chi connectivity index (χ1v) is 6.84. The molecule has 0 radical (unpaired) electrons. The summed E-state index contributed by atoms with van der Waals surface area (Å²) in [5.41, 5.74) is 2.89. The summed E-state index contributed by atoms with van der Waals surface area (Å²) in [5, 5.41) is 0. The molecule has 0 spiro atoms. The molecule has 0 aliphatic rings. The zero-order valence-corrected chi connectivity index (χ0v) is 11.7. The van der Waals surface area contributed by atoms with Crippen molar-refractivity contribution in [1.29, 1.82) is 0 Å². The van der Waals surface area contributed by atoms with Crippen molar-refractivity contribution < 1.29 is 0 Å². The van der Waals surface area contributed by atoms with E-state index in [9.17, 15) is 0 Å². The van der Waals surface area contributed by atoms with Crippen molar-refractivity contribution in [3.63, 3.8) is 0 Å². The van der Waals surface area contributed by atoms with Crippen LogP contribution in [0.2, 0.25) is 0 Å². The Bertz CT molecular complexity index is 239. The summed E-state index contributed by atoms with van der Waals surface area (Å²) >= 11 is 0. The summed E-state index contributed by atoms with van der Waals surface area (Å²) in [6, 6.07) is 9.05. The molecule has 0 saturated carbocycles. The van der Waals surface area contributed by atoms with Crippen LogP contribution in [0.15, 0.2) is 24.3 Å². The lowest BCUT2D eigenvalue weighted by Crippen LogP contribution is -1.97. The van der Waals surface area contributed by atoms with Crippen LogP contribution in [0.1, 0.15) is 70.4 Å². The number of hydrogen-bond acceptors (Lipinski definition) is 0. The minimum Gasteiger partial charge on any atom is -0.0683 e. The summed E-state index contributed by atoms with van der Waals surface area (Å²) in [5.74, 6) is 0.783. The van der Waals surface area contributed by atoms with Gasteiger partial charge in [0, 0.05) is 0 Å². The van der Waals surface area contributed by atoms with E-state index in [4.69, 9.17) is 0 Å². The highest BCUT2D eigenvalue weighted by Gasteiger charge is 2.08. The second-order valence-corrected chi connectivity index (χ2v) is 4.18. The Balaban J connectivity index is 0.00000106. The van der Waals surface area contributed by atoms with Crippen molar-refractivity contribution in [3.05, 3.63) is 35.4 Å². The van der Waals surface area contributed by atoms with E-state index in [0.29, 0.717) is 0 Å². The molecule has 0 aliphatic carbocycles. The van der Waals surface area contributed by atoms with E-state index in [0.717, 1.165) is 5.92 Å². The van der Waals surface area contributed by atoms with Crippen molar-refractivity contribution in [2.45, 2.75) is 66.2 Å². The summed E-state index contributed by atoms with van der Waals surface area (Å²) in [6.07, 6.45) is 5.24. The van der Waals surface area contributed by atoms with E-state index in [1.807, 2.05) is 13.8 Å². The monoisotopic (exact) mass is 220 g/mol. The Kier molecular flexibility index (Phi) is 8.99. The van der Waals surface area contributed by atoms with Crippen molar-refractivity contribution in [2.24, 2.45) is 0 Å². The standard InChI is InChI=1S/C14H22.C2H6/c1-4-6-13(7-5-2)14-10-8-12(3)9-11-14;1-2/h8-11,13H,4-7H2,1-3H3;1-2H3. The number of rotatable bonds is 5. The number of hydrogen-bond donors (Lipinski definition) is 0. The van der Waals surface area contributed by atoms with Gasteiger partial charge in [0.2, 0.25) is 0 Å². The van der Waals surface area contributed by atoms with Gasteiger partial charge in [0.25, 0.3) is 0 Å². The number of benzene rings is 1. The van der Waals surface area contributed by atoms with E-state index < -0.39 is 0 Å². The molecule has 0 heteroatoms. The van der Waals surface area contributed by atoms with Gasteiger partial charge in [-0.15, -0.1) is 0 Å². The SMILES string of the molecule is CC.CCCC(CCC)c1ccc(C)cc1. The van der Waals surface area contributed by atoms with Gasteiger partial charge in [0.1, 0.15) is 0 Å². The molecule has 1 aromatic carbocycles. The molecular formula is C16H28. The van der Waals surface area contributed by atoms with Gasteiger partial charge in [0.05, 0.1) is 0 Å². The summed E-state index contributed by atoms with van der Waals surface area (Å²) in [6.45, 7) is 10.7. The largest absolute Gasteiger partial charge is 0.0683 e. The first-order valence-electron chi connectivity index (χ1n) is 6.84. The van der Waals surface area contributed by atoms with Crippen molar-refractivity contribution in [2.75, 3.05) is 0 Å². The molecule has 16 heavy (non-hydrogen) atoms. The predicted molar refractivity (Wildman–Crippen MR) is 75.1 cm³/mol. The fraction of sp³-hybridized carbons (Fsp3) is 0.625. The zero-order valence-electron chi connectivity index (χ0n) is 11.7. The van der Waals surface area contributed by atoms with E-state index in [2.05, 4.69) is 45.0 Å². The van der Waals surface area contributed by atoms with Gasteiger partial charge in [-0.1, -0.05) is 70.4 Å². The van der Waals surface area contributed by atoms with Crippen LogP contribution in [0.5, 0.6) is 0 Å². The topological polar surface area (TPSA) is 0 Å². The van der Waals surface area contributed by atoms with Crippen molar-refractivity contribution in [1.82, 2.24) is 0 Å². The average Bonchev–Trinajstić information content (AvgIpc) is 2.32. The van der Waals surface area contributed by atoms with E-state index in [-0.39, 0.29) is 0 Å². The van der Waals surface area contributed by atoms with E-state index in [1.165, 1.54) is 36.8 Å². The van der Waals surface area contributed by atoms with Crippen LogP contribution in [0.3, 0.4) is 0 Å². The molecule has 0 bridgehead atoms. The molecular weight excluding hydrogens is 192 g/mol. The number of aryl methyl sites for hydroxylation is 1. The molecule has 0 aliphatic heterocycles. The van der Waals surface area contributed by atoms with Crippen LogP contribution in [0.25, 0.3) is 0 Å². The Labute approximate surface area is 102 Å². The Morgan fingerprint density at radius 3 is 1.69 bits per heavy atom. The summed E-state index contributed by atoms with van der Waals surface area (Å²) < 4.78 is 0. The van der Waals surface area contributed by atoms with Crippen molar-refractivity contribution >= 4 is 0 Å². The lowest BCUT2D eigenvalue weighted by Gasteiger charge is -2.15. The second-order valence-electron chi connectivity index (χ2n) is 4.18. The molecule has 0 atom stereocenters. The maximum atomic E-state index is 2.30. The minimum absolute atomic E-state index is 0.783. The highest BCUT2D eigenvalue weighted by atomic mass is 14.1. The molecule has 0 unspecified atom stereocenters. The molecule has 0 amide bonds. The predicted octanol–water partition coefficient (Wildman–Crippen LogP) is 5.71. The van der Waals surface area contributed by atoms with Gasteiger partial charge in [-0.05, 0) is 31.2 Å². The Morgan fingerprint density at radius 2 is 1.31 bits per heavy atom. The molecule has 0 heterocycles. The zero-order chi connectivity index (χ0) is 12.4. The molecule has 1 rings (SSSR count). The van der Waals surface area contributed by atoms with Gasteiger partial charge >= 0.3 is 0 Å². The quantitative estimate of drug-likeness (QED) is 0.596. The Hall–Kier alpha value is -0.780. The molecule has 0 fully saturated rings. The highest BCUT2D eigenvalue weighted by molar-refractivity contribution is 5.24. The lowest BCUT2D eigenvalue weighted by atomic mass is 9.90. The first kappa shape index (κ1) is 15.2. The third kappa shape index (κ3) is 5.34. The molecule has 1 aromatic rings. The molecule has 0 N–H and O–H groups in total. The normalized spacial score (nSPS) is 9.88. The third-order valence-corrected chi connectivity index (χ3v) is 2.82. The maximum absolute atomic E-state index is 2.30. The summed E-state index contributed by atoms with van der Waals surface area (Å²) in [4.78, 5) is 0. The fourth-order valence-corrected chi connectivity index (χ4v) is 2.01. The van der Waals surface area contributed by atoms with Gasteiger partial charge in [-0.3, -0.25) is 0 Å². The van der Waals surface area contributed by atoms with Gasteiger partial charge in [-0.2, -0.15) is 0 Å². The summed E-state index contributed by atoms with van der Waals surface area (Å²) in [7, 11) is 0. The van der Waals surface area contributed by atoms with Gasteiger partial charge in [0.15, 0.2) is 0 Å².